The Bertz CT molecular complexity index is 1020. The summed E-state index contributed by atoms with van der Waals surface area (Å²) in [7, 11) is -2.07. The normalized spacial score (nSPS) is 18.7. The zero-order valence-electron chi connectivity index (χ0n) is 17.3. The van der Waals surface area contributed by atoms with E-state index in [0.29, 0.717) is 49.0 Å². The maximum absolute atomic E-state index is 13.0. The molecule has 0 bridgehead atoms. The Morgan fingerprint density at radius 3 is 2.53 bits per heavy atom. The molecule has 0 aliphatic carbocycles. The van der Waals surface area contributed by atoms with Gasteiger partial charge in [-0.05, 0) is 44.7 Å². The first kappa shape index (κ1) is 20.9. The first-order valence-corrected chi connectivity index (χ1v) is 11.7. The fourth-order valence-corrected chi connectivity index (χ4v) is 5.62. The van der Waals surface area contributed by atoms with E-state index in [1.807, 2.05) is 4.90 Å². The molecule has 162 valence electrons. The van der Waals surface area contributed by atoms with Gasteiger partial charge in [-0.15, -0.1) is 0 Å². The van der Waals surface area contributed by atoms with E-state index >= 15 is 0 Å². The summed E-state index contributed by atoms with van der Waals surface area (Å²) in [6.07, 6.45) is 3.24. The standard InChI is InChI=1S/C21H27N3O5S/c1-15-19(21(25)23-10-3-4-11-23)22-20(29-15)16-8-12-24(13-9-16)30(26,27)18-7-5-6-17(14-18)28-2/h5-7,14,16H,3-4,8-13H2,1-2H3. The number of rotatable bonds is 5. The van der Waals surface area contributed by atoms with Crippen molar-refractivity contribution >= 4 is 15.9 Å². The molecule has 0 atom stereocenters. The zero-order chi connectivity index (χ0) is 21.3. The Hall–Kier alpha value is -2.39. The molecule has 0 unspecified atom stereocenters. The van der Waals surface area contributed by atoms with Crippen molar-refractivity contribution in [2.45, 2.75) is 43.4 Å². The molecular weight excluding hydrogens is 406 g/mol. The monoisotopic (exact) mass is 433 g/mol. The summed E-state index contributed by atoms with van der Waals surface area (Å²) in [6, 6.07) is 6.51. The lowest BCUT2D eigenvalue weighted by Gasteiger charge is -2.29. The van der Waals surface area contributed by atoms with Gasteiger partial charge < -0.3 is 14.1 Å². The zero-order valence-corrected chi connectivity index (χ0v) is 18.2. The highest BCUT2D eigenvalue weighted by Crippen LogP contribution is 2.32. The SMILES string of the molecule is COc1cccc(S(=O)(=O)N2CCC(c3nc(C(=O)N4CCCC4)c(C)o3)CC2)c1. The second kappa shape index (κ2) is 8.39. The van der Waals surface area contributed by atoms with Crippen molar-refractivity contribution in [3.8, 4) is 5.75 Å². The van der Waals surface area contributed by atoms with E-state index in [1.54, 1.807) is 25.1 Å². The van der Waals surface area contributed by atoms with Gasteiger partial charge >= 0.3 is 0 Å². The molecule has 1 aromatic heterocycles. The minimum atomic E-state index is -3.59. The number of likely N-dealkylation sites (tertiary alicyclic amines) is 1. The maximum Gasteiger partial charge on any atom is 0.276 e. The van der Waals surface area contributed by atoms with Crippen molar-refractivity contribution in [3.05, 3.63) is 41.6 Å². The Morgan fingerprint density at radius 2 is 1.87 bits per heavy atom. The van der Waals surface area contributed by atoms with Gasteiger partial charge in [0.05, 0.1) is 12.0 Å². The molecule has 0 radical (unpaired) electrons. The number of methoxy groups -OCH3 is 1. The van der Waals surface area contributed by atoms with Crippen LogP contribution in [0, 0.1) is 6.92 Å². The number of benzene rings is 1. The van der Waals surface area contributed by atoms with Crippen LogP contribution in [0.1, 0.15) is 53.7 Å². The lowest BCUT2D eigenvalue weighted by atomic mass is 9.98. The maximum atomic E-state index is 13.0. The molecule has 1 aromatic carbocycles. The highest BCUT2D eigenvalue weighted by molar-refractivity contribution is 7.89. The number of amides is 1. The lowest BCUT2D eigenvalue weighted by molar-refractivity contribution is 0.0786. The Labute approximate surface area is 176 Å². The fraction of sp³-hybridized carbons (Fsp3) is 0.524. The first-order valence-electron chi connectivity index (χ1n) is 10.3. The highest BCUT2D eigenvalue weighted by atomic mass is 32.2. The predicted molar refractivity (Wildman–Crippen MR) is 110 cm³/mol. The number of carbonyl (C=O) groups is 1. The van der Waals surface area contributed by atoms with Gasteiger partial charge in [-0.3, -0.25) is 4.79 Å². The molecule has 0 saturated carbocycles. The number of ether oxygens (including phenoxy) is 1. The van der Waals surface area contributed by atoms with Gasteiger partial charge in [0.15, 0.2) is 11.6 Å². The minimum Gasteiger partial charge on any atom is -0.497 e. The van der Waals surface area contributed by atoms with E-state index in [1.165, 1.54) is 17.5 Å². The summed E-state index contributed by atoms with van der Waals surface area (Å²) in [4.78, 5) is 19.2. The predicted octanol–water partition coefficient (Wildman–Crippen LogP) is 2.80. The highest BCUT2D eigenvalue weighted by Gasteiger charge is 2.33. The van der Waals surface area contributed by atoms with Crippen molar-refractivity contribution in [2.75, 3.05) is 33.3 Å². The van der Waals surface area contributed by atoms with Gasteiger partial charge in [-0.1, -0.05) is 6.07 Å². The van der Waals surface area contributed by atoms with Crippen LogP contribution >= 0.6 is 0 Å². The van der Waals surface area contributed by atoms with Crippen LogP contribution in [-0.4, -0.2) is 61.8 Å². The van der Waals surface area contributed by atoms with Crippen molar-refractivity contribution in [1.29, 1.82) is 0 Å². The molecule has 2 aromatic rings. The summed E-state index contributed by atoms with van der Waals surface area (Å²) in [5.41, 5.74) is 0.387. The molecule has 2 fully saturated rings. The van der Waals surface area contributed by atoms with Crippen molar-refractivity contribution in [3.63, 3.8) is 0 Å². The minimum absolute atomic E-state index is 0.000544. The van der Waals surface area contributed by atoms with Crippen LogP contribution in [0.3, 0.4) is 0 Å². The summed E-state index contributed by atoms with van der Waals surface area (Å²) in [5.74, 6) is 1.51. The molecule has 3 heterocycles. The smallest absolute Gasteiger partial charge is 0.276 e. The summed E-state index contributed by atoms with van der Waals surface area (Å²) >= 11 is 0. The summed E-state index contributed by atoms with van der Waals surface area (Å²) < 4.78 is 38.4. The van der Waals surface area contributed by atoms with Gasteiger partial charge in [0.1, 0.15) is 11.5 Å². The molecular formula is C21H27N3O5S. The second-order valence-corrected chi connectivity index (χ2v) is 9.75. The summed E-state index contributed by atoms with van der Waals surface area (Å²) in [5, 5.41) is 0. The third-order valence-electron chi connectivity index (χ3n) is 5.89. The topological polar surface area (TPSA) is 93.0 Å². The van der Waals surface area contributed by atoms with E-state index in [2.05, 4.69) is 4.98 Å². The van der Waals surface area contributed by atoms with Crippen molar-refractivity contribution in [1.82, 2.24) is 14.2 Å². The largest absolute Gasteiger partial charge is 0.497 e. The van der Waals surface area contributed by atoms with E-state index in [4.69, 9.17) is 9.15 Å². The molecule has 2 saturated heterocycles. The molecule has 9 heteroatoms. The van der Waals surface area contributed by atoms with Gasteiger partial charge in [0.2, 0.25) is 10.0 Å². The van der Waals surface area contributed by atoms with Gasteiger partial charge in [-0.25, -0.2) is 13.4 Å². The quantitative estimate of drug-likeness (QED) is 0.720. The van der Waals surface area contributed by atoms with Gasteiger partial charge in [-0.2, -0.15) is 4.31 Å². The number of sulfonamides is 1. The molecule has 2 aliphatic heterocycles. The molecule has 1 amide bonds. The number of carbonyl (C=O) groups excluding carboxylic acids is 1. The first-order chi connectivity index (χ1) is 14.4. The van der Waals surface area contributed by atoms with Crippen molar-refractivity contribution < 1.29 is 22.4 Å². The third-order valence-corrected chi connectivity index (χ3v) is 7.79. The number of hydrogen-bond donors (Lipinski definition) is 0. The number of aryl methyl sites for hydroxylation is 1. The van der Waals surface area contributed by atoms with Crippen LogP contribution in [0.15, 0.2) is 33.6 Å². The molecule has 2 aliphatic rings. The molecule has 0 N–H and O–H groups in total. The number of piperidine rings is 1. The number of aromatic nitrogens is 1. The van der Waals surface area contributed by atoms with Crippen LogP contribution < -0.4 is 4.74 Å². The third kappa shape index (κ3) is 3.96. The van der Waals surface area contributed by atoms with E-state index in [-0.39, 0.29) is 16.7 Å². The van der Waals surface area contributed by atoms with Crippen LogP contribution in [0.25, 0.3) is 0 Å². The Kier molecular flexibility index (Phi) is 5.84. The Balaban J connectivity index is 1.44. The van der Waals surface area contributed by atoms with E-state index < -0.39 is 10.0 Å². The fourth-order valence-electron chi connectivity index (χ4n) is 4.11. The number of nitrogens with zero attached hydrogens (tertiary/aromatic N) is 3. The molecule has 8 nitrogen and oxygen atoms in total. The van der Waals surface area contributed by atoms with Gasteiger partial charge in [0.25, 0.3) is 5.91 Å². The van der Waals surface area contributed by atoms with Gasteiger partial charge in [0, 0.05) is 38.2 Å². The van der Waals surface area contributed by atoms with E-state index in [9.17, 15) is 13.2 Å². The summed E-state index contributed by atoms with van der Waals surface area (Å²) in [6.45, 7) is 4.05. The van der Waals surface area contributed by atoms with Crippen LogP contribution in [0.4, 0.5) is 0 Å². The average molecular weight is 434 g/mol. The molecule has 0 spiro atoms. The molecule has 4 rings (SSSR count). The van der Waals surface area contributed by atoms with Crippen LogP contribution in [-0.2, 0) is 10.0 Å². The molecule has 30 heavy (non-hydrogen) atoms. The second-order valence-electron chi connectivity index (χ2n) is 7.81. The van der Waals surface area contributed by atoms with Crippen LogP contribution in [0.5, 0.6) is 5.75 Å². The Morgan fingerprint density at radius 1 is 1.17 bits per heavy atom. The number of hydrogen-bond acceptors (Lipinski definition) is 6. The van der Waals surface area contributed by atoms with E-state index in [0.717, 1.165) is 25.9 Å². The van der Waals surface area contributed by atoms with Crippen LogP contribution in [0.2, 0.25) is 0 Å². The van der Waals surface area contributed by atoms with Crippen molar-refractivity contribution in [2.24, 2.45) is 0 Å². The average Bonchev–Trinajstić information content (AvgIpc) is 3.43. The lowest BCUT2D eigenvalue weighted by Crippen LogP contribution is -2.38. The number of oxazole rings is 1.